The summed E-state index contributed by atoms with van der Waals surface area (Å²) in [6, 6.07) is 0.0427. The highest BCUT2D eigenvalue weighted by atomic mass is 16.5. The summed E-state index contributed by atoms with van der Waals surface area (Å²) in [4.78, 5) is 11.7. The fraction of sp³-hybridized carbons (Fsp3) is 0.909. The SMILES string of the molecule is O=C(NCC1CCOC1)C1CCCCN1. The number of carbonyl (C=O) groups is 1. The van der Waals surface area contributed by atoms with E-state index >= 15 is 0 Å². The molecule has 2 heterocycles. The van der Waals surface area contributed by atoms with Gasteiger partial charge in [-0.1, -0.05) is 6.42 Å². The molecule has 2 unspecified atom stereocenters. The molecule has 0 aromatic heterocycles. The summed E-state index contributed by atoms with van der Waals surface area (Å²) in [5.74, 6) is 0.694. The number of nitrogens with one attached hydrogen (secondary N) is 2. The van der Waals surface area contributed by atoms with Crippen LogP contribution in [-0.4, -0.2) is 38.3 Å². The molecule has 2 saturated heterocycles. The van der Waals surface area contributed by atoms with Gasteiger partial charge in [0.2, 0.25) is 5.91 Å². The summed E-state index contributed by atoms with van der Waals surface area (Å²) in [6.45, 7) is 3.40. The van der Waals surface area contributed by atoms with Gasteiger partial charge >= 0.3 is 0 Å². The molecule has 0 aliphatic carbocycles. The van der Waals surface area contributed by atoms with Crippen molar-refractivity contribution in [2.75, 3.05) is 26.3 Å². The van der Waals surface area contributed by atoms with Gasteiger partial charge in [-0.15, -0.1) is 0 Å². The van der Waals surface area contributed by atoms with E-state index in [0.717, 1.165) is 45.6 Å². The van der Waals surface area contributed by atoms with Gasteiger partial charge in [-0.3, -0.25) is 4.79 Å². The van der Waals surface area contributed by atoms with Crippen molar-refractivity contribution >= 4 is 5.91 Å². The normalized spacial score (nSPS) is 31.5. The predicted molar refractivity (Wildman–Crippen MR) is 57.6 cm³/mol. The molecule has 86 valence electrons. The lowest BCUT2D eigenvalue weighted by molar-refractivity contribution is -0.123. The highest BCUT2D eigenvalue weighted by molar-refractivity contribution is 5.81. The van der Waals surface area contributed by atoms with E-state index in [-0.39, 0.29) is 11.9 Å². The van der Waals surface area contributed by atoms with Crippen molar-refractivity contribution in [3.63, 3.8) is 0 Å². The largest absolute Gasteiger partial charge is 0.381 e. The molecule has 0 aromatic carbocycles. The lowest BCUT2D eigenvalue weighted by Crippen LogP contribution is -2.47. The van der Waals surface area contributed by atoms with E-state index in [4.69, 9.17) is 4.74 Å². The van der Waals surface area contributed by atoms with E-state index in [9.17, 15) is 4.79 Å². The zero-order valence-corrected chi connectivity index (χ0v) is 9.13. The second kappa shape index (κ2) is 5.47. The molecule has 1 amide bonds. The summed E-state index contributed by atoms with van der Waals surface area (Å²) < 4.78 is 5.27. The van der Waals surface area contributed by atoms with Crippen molar-refractivity contribution < 1.29 is 9.53 Å². The van der Waals surface area contributed by atoms with Crippen LogP contribution in [0.4, 0.5) is 0 Å². The predicted octanol–water partition coefficient (Wildman–Crippen LogP) is 0.281. The van der Waals surface area contributed by atoms with Gasteiger partial charge in [0, 0.05) is 19.1 Å². The Morgan fingerprint density at radius 3 is 3.00 bits per heavy atom. The molecule has 0 saturated carbocycles. The minimum atomic E-state index is 0.0427. The van der Waals surface area contributed by atoms with E-state index < -0.39 is 0 Å². The molecule has 0 radical (unpaired) electrons. The van der Waals surface area contributed by atoms with Crippen molar-refractivity contribution in [1.29, 1.82) is 0 Å². The first-order chi connectivity index (χ1) is 7.36. The Kier molecular flexibility index (Phi) is 3.97. The van der Waals surface area contributed by atoms with Crippen LogP contribution in [0.2, 0.25) is 0 Å². The molecule has 2 aliphatic rings. The number of rotatable bonds is 3. The third-order valence-corrected chi connectivity index (χ3v) is 3.22. The maximum Gasteiger partial charge on any atom is 0.237 e. The molecule has 4 heteroatoms. The van der Waals surface area contributed by atoms with Gasteiger partial charge in [0.1, 0.15) is 0 Å². The highest BCUT2D eigenvalue weighted by Crippen LogP contribution is 2.11. The van der Waals surface area contributed by atoms with Crippen LogP contribution in [0.1, 0.15) is 25.7 Å². The maximum atomic E-state index is 11.7. The third-order valence-electron chi connectivity index (χ3n) is 3.22. The molecule has 15 heavy (non-hydrogen) atoms. The van der Waals surface area contributed by atoms with E-state index in [1.165, 1.54) is 6.42 Å². The molecular formula is C11H20N2O2. The van der Waals surface area contributed by atoms with E-state index in [2.05, 4.69) is 10.6 Å². The lowest BCUT2D eigenvalue weighted by atomic mass is 10.0. The van der Waals surface area contributed by atoms with Crippen LogP contribution in [0.3, 0.4) is 0 Å². The number of carbonyl (C=O) groups excluding carboxylic acids is 1. The molecule has 0 bridgehead atoms. The van der Waals surface area contributed by atoms with Crippen LogP contribution in [-0.2, 0) is 9.53 Å². The molecule has 2 fully saturated rings. The number of amides is 1. The van der Waals surface area contributed by atoms with Crippen molar-refractivity contribution in [3.8, 4) is 0 Å². The van der Waals surface area contributed by atoms with Crippen LogP contribution < -0.4 is 10.6 Å². The Morgan fingerprint density at radius 1 is 1.40 bits per heavy atom. The Morgan fingerprint density at radius 2 is 2.33 bits per heavy atom. The van der Waals surface area contributed by atoms with Crippen molar-refractivity contribution in [3.05, 3.63) is 0 Å². The van der Waals surface area contributed by atoms with E-state index in [0.29, 0.717) is 5.92 Å². The summed E-state index contributed by atoms with van der Waals surface area (Å²) in [5.41, 5.74) is 0. The molecule has 0 spiro atoms. The lowest BCUT2D eigenvalue weighted by Gasteiger charge is -2.23. The van der Waals surface area contributed by atoms with Crippen molar-refractivity contribution in [2.24, 2.45) is 5.92 Å². The molecule has 2 N–H and O–H groups in total. The average Bonchev–Trinajstić information content (AvgIpc) is 2.80. The molecule has 4 nitrogen and oxygen atoms in total. The third kappa shape index (κ3) is 3.18. The second-order valence-corrected chi connectivity index (χ2v) is 4.48. The zero-order chi connectivity index (χ0) is 10.5. The number of hydrogen-bond donors (Lipinski definition) is 2. The van der Waals surface area contributed by atoms with Gasteiger partial charge in [-0.2, -0.15) is 0 Å². The van der Waals surface area contributed by atoms with Gasteiger partial charge in [0.05, 0.1) is 12.6 Å². The smallest absolute Gasteiger partial charge is 0.237 e. The fourth-order valence-electron chi connectivity index (χ4n) is 2.19. The van der Waals surface area contributed by atoms with Crippen LogP contribution in [0.15, 0.2) is 0 Å². The summed E-state index contributed by atoms with van der Waals surface area (Å²) >= 11 is 0. The van der Waals surface area contributed by atoms with Gasteiger partial charge < -0.3 is 15.4 Å². The fourth-order valence-corrected chi connectivity index (χ4v) is 2.19. The molecule has 2 rings (SSSR count). The number of ether oxygens (including phenoxy) is 1. The summed E-state index contributed by atoms with van der Waals surface area (Å²) in [5, 5.41) is 6.26. The van der Waals surface area contributed by atoms with Crippen molar-refractivity contribution in [1.82, 2.24) is 10.6 Å². The van der Waals surface area contributed by atoms with E-state index in [1.54, 1.807) is 0 Å². The van der Waals surface area contributed by atoms with Crippen LogP contribution in [0.5, 0.6) is 0 Å². The summed E-state index contributed by atoms with van der Waals surface area (Å²) in [6.07, 6.45) is 4.42. The number of piperidine rings is 1. The standard InChI is InChI=1S/C11H20N2O2/c14-11(10-3-1-2-5-12-10)13-7-9-4-6-15-8-9/h9-10,12H,1-8H2,(H,13,14). The first-order valence-electron chi connectivity index (χ1n) is 5.95. The van der Waals surface area contributed by atoms with E-state index in [1.807, 2.05) is 0 Å². The molecule has 2 aliphatic heterocycles. The van der Waals surface area contributed by atoms with Crippen molar-refractivity contribution in [2.45, 2.75) is 31.7 Å². The zero-order valence-electron chi connectivity index (χ0n) is 9.13. The monoisotopic (exact) mass is 212 g/mol. The molecular weight excluding hydrogens is 192 g/mol. The van der Waals surface area contributed by atoms with Gasteiger partial charge in [-0.05, 0) is 25.8 Å². The second-order valence-electron chi connectivity index (χ2n) is 4.48. The van der Waals surface area contributed by atoms with Crippen LogP contribution in [0.25, 0.3) is 0 Å². The number of hydrogen-bond acceptors (Lipinski definition) is 3. The topological polar surface area (TPSA) is 50.4 Å². The van der Waals surface area contributed by atoms with Crippen LogP contribution >= 0.6 is 0 Å². The Hall–Kier alpha value is -0.610. The Balaban J connectivity index is 1.66. The Bertz CT molecular complexity index is 209. The first kappa shape index (κ1) is 10.9. The summed E-state index contributed by atoms with van der Waals surface area (Å²) in [7, 11) is 0. The Labute approximate surface area is 90.8 Å². The van der Waals surface area contributed by atoms with Crippen LogP contribution in [0, 0.1) is 5.92 Å². The van der Waals surface area contributed by atoms with Gasteiger partial charge in [0.25, 0.3) is 0 Å². The van der Waals surface area contributed by atoms with Gasteiger partial charge in [0.15, 0.2) is 0 Å². The first-order valence-corrected chi connectivity index (χ1v) is 5.95. The average molecular weight is 212 g/mol. The molecule has 0 aromatic rings. The highest BCUT2D eigenvalue weighted by Gasteiger charge is 2.22. The minimum absolute atomic E-state index is 0.0427. The molecule has 2 atom stereocenters. The maximum absolute atomic E-state index is 11.7. The van der Waals surface area contributed by atoms with Gasteiger partial charge in [-0.25, -0.2) is 0 Å². The quantitative estimate of drug-likeness (QED) is 0.706. The minimum Gasteiger partial charge on any atom is -0.381 e.